The van der Waals surface area contributed by atoms with Gasteiger partial charge in [-0.1, -0.05) is 226 Å². The topological polar surface area (TPSA) is 3.24 Å². The number of fused-ring (bicyclic) bond motifs is 7. The average Bonchev–Trinajstić information content (AvgIpc) is 3.85. The molecule has 0 saturated carbocycles. The molecule has 0 amide bonds. The monoisotopic (exact) mass is 879 g/mol. The normalized spacial score (nSPS) is 13.6. The van der Waals surface area contributed by atoms with Crippen molar-refractivity contribution in [3.63, 3.8) is 0 Å². The molecule has 2 aliphatic carbocycles. The molecular weight excluding hydrogens is 831 g/mol. The lowest BCUT2D eigenvalue weighted by molar-refractivity contribution is 0.660. The Morgan fingerprint density at radius 2 is 0.768 bits per heavy atom. The summed E-state index contributed by atoms with van der Waals surface area (Å²) in [6.07, 6.45) is 0. The molecule has 13 rings (SSSR count). The minimum Gasteiger partial charge on any atom is -0.310 e. The van der Waals surface area contributed by atoms with E-state index in [0.717, 1.165) is 17.1 Å². The fourth-order valence-corrected chi connectivity index (χ4v) is 11.9. The second kappa shape index (κ2) is 16.1. The maximum atomic E-state index is 2.43. The number of anilines is 3. The third-order valence-electron chi connectivity index (χ3n) is 15.1. The Labute approximate surface area is 405 Å². The molecule has 0 atom stereocenters. The summed E-state index contributed by atoms with van der Waals surface area (Å²) in [6, 6.07) is 96.7. The van der Waals surface area contributed by atoms with Crippen LogP contribution in [0.2, 0.25) is 0 Å². The highest BCUT2D eigenvalue weighted by atomic mass is 15.1. The lowest BCUT2D eigenvalue weighted by Crippen LogP contribution is -2.28. The van der Waals surface area contributed by atoms with Gasteiger partial charge in [0.1, 0.15) is 0 Å². The van der Waals surface area contributed by atoms with E-state index < -0.39 is 5.41 Å². The van der Waals surface area contributed by atoms with Gasteiger partial charge in [-0.25, -0.2) is 0 Å². The first-order valence-corrected chi connectivity index (χ1v) is 24.2. The number of rotatable bonds is 8. The summed E-state index contributed by atoms with van der Waals surface area (Å²) in [6.45, 7) is 4.73. The Morgan fingerprint density at radius 3 is 1.48 bits per heavy atom. The van der Waals surface area contributed by atoms with Crippen molar-refractivity contribution < 1.29 is 0 Å². The Kier molecular flexibility index (Phi) is 9.49. The molecular formula is C68H49N. The molecule has 1 heteroatoms. The summed E-state index contributed by atoms with van der Waals surface area (Å²) in [5, 5.41) is 2.51. The van der Waals surface area contributed by atoms with Gasteiger partial charge in [-0.15, -0.1) is 0 Å². The van der Waals surface area contributed by atoms with E-state index in [1.165, 1.54) is 99.8 Å². The van der Waals surface area contributed by atoms with Crippen LogP contribution >= 0.6 is 0 Å². The zero-order valence-electron chi connectivity index (χ0n) is 38.8. The quantitative estimate of drug-likeness (QED) is 0.147. The molecule has 0 bridgehead atoms. The molecule has 2 aliphatic rings. The van der Waals surface area contributed by atoms with Crippen molar-refractivity contribution in [3.05, 3.63) is 294 Å². The minimum absolute atomic E-state index is 0.129. The van der Waals surface area contributed by atoms with Crippen LogP contribution in [0.15, 0.2) is 261 Å². The van der Waals surface area contributed by atoms with Crippen molar-refractivity contribution in [2.45, 2.75) is 24.7 Å². The summed E-state index contributed by atoms with van der Waals surface area (Å²) in [5.41, 5.74) is 23.1. The van der Waals surface area contributed by atoms with E-state index >= 15 is 0 Å². The lowest BCUT2D eigenvalue weighted by Gasteiger charge is -2.34. The van der Waals surface area contributed by atoms with Gasteiger partial charge < -0.3 is 4.90 Å². The predicted octanol–water partition coefficient (Wildman–Crippen LogP) is 18.0. The van der Waals surface area contributed by atoms with Crippen molar-refractivity contribution in [1.82, 2.24) is 0 Å². The molecule has 69 heavy (non-hydrogen) atoms. The Balaban J connectivity index is 0.920. The first kappa shape index (κ1) is 40.7. The van der Waals surface area contributed by atoms with Gasteiger partial charge in [-0.05, 0) is 148 Å². The van der Waals surface area contributed by atoms with Gasteiger partial charge in [0.2, 0.25) is 0 Å². The van der Waals surface area contributed by atoms with Gasteiger partial charge in [0.25, 0.3) is 0 Å². The standard InChI is InChI=1S/C68H49N/c1-67(2)62-28-13-11-25-59(62)60-42-41-57(45-65(60)67)69(55-37-33-47(34-38-55)50-19-15-20-51(43-50)52-32-31-46-17-9-10-18-49(46)44-52)56-39-35-48(36-40-56)58-27-16-30-64-66(58)61-26-12-14-29-63(61)68(64,53-21-5-3-6-22-53)54-23-7-4-8-24-54/h3-45H,1-2H3. The van der Waals surface area contributed by atoms with Crippen molar-refractivity contribution in [3.8, 4) is 55.6 Å². The SMILES string of the molecule is CC1(C)c2ccccc2-c2ccc(N(c3ccc(-c4cccc(-c5ccc6ccccc6c5)c4)cc3)c3ccc(-c4cccc5c4-c4ccccc4C5(c4ccccc4)c4ccccc4)cc3)cc21. The van der Waals surface area contributed by atoms with Crippen molar-refractivity contribution >= 4 is 27.8 Å². The van der Waals surface area contributed by atoms with E-state index in [4.69, 9.17) is 0 Å². The van der Waals surface area contributed by atoms with E-state index in [1.54, 1.807) is 0 Å². The molecule has 0 N–H and O–H groups in total. The Hall–Kier alpha value is -8.52. The second-order valence-electron chi connectivity index (χ2n) is 19.2. The molecule has 0 aliphatic heterocycles. The van der Waals surface area contributed by atoms with Gasteiger partial charge in [-0.2, -0.15) is 0 Å². The van der Waals surface area contributed by atoms with E-state index in [9.17, 15) is 0 Å². The van der Waals surface area contributed by atoms with Crippen LogP contribution in [0.25, 0.3) is 66.4 Å². The first-order valence-electron chi connectivity index (χ1n) is 24.2. The zero-order valence-corrected chi connectivity index (χ0v) is 38.8. The van der Waals surface area contributed by atoms with Crippen LogP contribution < -0.4 is 4.90 Å². The molecule has 0 aromatic heterocycles. The number of hydrogen-bond donors (Lipinski definition) is 0. The molecule has 0 fully saturated rings. The van der Waals surface area contributed by atoms with Crippen LogP contribution in [-0.4, -0.2) is 0 Å². The molecule has 0 unspecified atom stereocenters. The van der Waals surface area contributed by atoms with Gasteiger partial charge in [-0.3, -0.25) is 0 Å². The molecule has 0 heterocycles. The van der Waals surface area contributed by atoms with Crippen LogP contribution in [0.5, 0.6) is 0 Å². The molecule has 1 nitrogen and oxygen atoms in total. The molecule has 11 aromatic carbocycles. The van der Waals surface area contributed by atoms with Crippen LogP contribution in [0.3, 0.4) is 0 Å². The van der Waals surface area contributed by atoms with Crippen molar-refractivity contribution in [2.75, 3.05) is 4.90 Å². The lowest BCUT2D eigenvalue weighted by atomic mass is 9.67. The molecule has 0 spiro atoms. The van der Waals surface area contributed by atoms with Crippen LogP contribution in [-0.2, 0) is 10.8 Å². The summed E-state index contributed by atoms with van der Waals surface area (Å²) in [7, 11) is 0. The van der Waals surface area contributed by atoms with Gasteiger partial charge in [0.15, 0.2) is 0 Å². The first-order chi connectivity index (χ1) is 34.0. The number of nitrogens with zero attached hydrogens (tertiary/aromatic N) is 1. The smallest absolute Gasteiger partial charge is 0.0713 e. The second-order valence-corrected chi connectivity index (χ2v) is 19.2. The highest BCUT2D eigenvalue weighted by Gasteiger charge is 2.46. The third-order valence-corrected chi connectivity index (χ3v) is 15.1. The summed E-state index contributed by atoms with van der Waals surface area (Å²) in [5.74, 6) is 0. The Morgan fingerprint density at radius 1 is 0.275 bits per heavy atom. The molecule has 0 radical (unpaired) electrons. The van der Waals surface area contributed by atoms with Crippen LogP contribution in [0, 0.1) is 0 Å². The predicted molar refractivity (Wildman–Crippen MR) is 290 cm³/mol. The molecule has 326 valence electrons. The number of benzene rings is 11. The van der Waals surface area contributed by atoms with Gasteiger partial charge in [0.05, 0.1) is 5.41 Å². The maximum absolute atomic E-state index is 2.43. The number of hydrogen-bond acceptors (Lipinski definition) is 1. The van der Waals surface area contributed by atoms with E-state index in [2.05, 4.69) is 280 Å². The summed E-state index contributed by atoms with van der Waals surface area (Å²) < 4.78 is 0. The maximum Gasteiger partial charge on any atom is 0.0713 e. The van der Waals surface area contributed by atoms with E-state index in [1.807, 2.05) is 0 Å². The van der Waals surface area contributed by atoms with Gasteiger partial charge in [0, 0.05) is 22.5 Å². The van der Waals surface area contributed by atoms with Gasteiger partial charge >= 0.3 is 0 Å². The van der Waals surface area contributed by atoms with Crippen LogP contribution in [0.4, 0.5) is 17.1 Å². The third kappa shape index (κ3) is 6.46. The fraction of sp³-hybridized carbons (Fsp3) is 0.0588. The summed E-state index contributed by atoms with van der Waals surface area (Å²) >= 11 is 0. The van der Waals surface area contributed by atoms with E-state index in [0.29, 0.717) is 0 Å². The highest BCUT2D eigenvalue weighted by Crippen LogP contribution is 2.58. The van der Waals surface area contributed by atoms with Crippen molar-refractivity contribution in [1.29, 1.82) is 0 Å². The molecule has 11 aromatic rings. The fourth-order valence-electron chi connectivity index (χ4n) is 11.9. The minimum atomic E-state index is -0.452. The van der Waals surface area contributed by atoms with E-state index in [-0.39, 0.29) is 5.41 Å². The zero-order chi connectivity index (χ0) is 46.1. The van der Waals surface area contributed by atoms with Crippen molar-refractivity contribution in [2.24, 2.45) is 0 Å². The Bertz CT molecular complexity index is 3690. The summed E-state index contributed by atoms with van der Waals surface area (Å²) in [4.78, 5) is 2.43. The average molecular weight is 880 g/mol. The molecule has 0 saturated heterocycles. The largest absolute Gasteiger partial charge is 0.310 e. The highest BCUT2D eigenvalue weighted by molar-refractivity contribution is 5.96. The van der Waals surface area contributed by atoms with Crippen LogP contribution in [0.1, 0.15) is 47.2 Å².